The molecule has 1 aliphatic rings. The van der Waals surface area contributed by atoms with Crippen LogP contribution < -0.4 is 4.74 Å². The second kappa shape index (κ2) is 5.08. The molecule has 4 heteroatoms. The molecular formula is C13H15BrO3. The second-order valence-corrected chi connectivity index (χ2v) is 5.18. The molecule has 0 heterocycles. The van der Waals surface area contributed by atoms with Crippen LogP contribution in [-0.2, 0) is 9.53 Å². The largest absolute Gasteiger partial charge is 0.485 e. The third-order valence-electron chi connectivity index (χ3n) is 3.12. The number of methoxy groups -OCH3 is 1. The second-order valence-electron chi connectivity index (χ2n) is 4.32. The molecular weight excluding hydrogens is 284 g/mol. The van der Waals surface area contributed by atoms with Crippen molar-refractivity contribution in [1.29, 1.82) is 0 Å². The minimum absolute atomic E-state index is 0.211. The van der Waals surface area contributed by atoms with Crippen LogP contribution in [0.25, 0.3) is 0 Å². The highest BCUT2D eigenvalue weighted by molar-refractivity contribution is 9.10. The van der Waals surface area contributed by atoms with Crippen molar-refractivity contribution in [2.45, 2.75) is 31.3 Å². The first-order valence-corrected chi connectivity index (χ1v) is 6.45. The predicted molar refractivity (Wildman–Crippen MR) is 68.0 cm³/mol. The molecule has 1 fully saturated rings. The summed E-state index contributed by atoms with van der Waals surface area (Å²) in [6, 6.07) is 7.69. The molecule has 17 heavy (non-hydrogen) atoms. The summed E-state index contributed by atoms with van der Waals surface area (Å²) in [6.07, 6.45) is 3.24. The normalized spacial score (nSPS) is 17.1. The van der Waals surface area contributed by atoms with Crippen LogP contribution in [0.2, 0.25) is 0 Å². The Morgan fingerprint density at radius 3 is 2.65 bits per heavy atom. The zero-order valence-electron chi connectivity index (χ0n) is 9.74. The number of hydrogen-bond acceptors (Lipinski definition) is 3. The van der Waals surface area contributed by atoms with Crippen LogP contribution in [0.1, 0.15) is 25.7 Å². The molecule has 0 amide bonds. The molecule has 0 unspecified atom stereocenters. The summed E-state index contributed by atoms with van der Waals surface area (Å²) in [5, 5.41) is 0. The standard InChI is InChI=1S/C13H15BrO3/c1-16-12(15)9-13(7-4-8-13)17-11-6-3-2-5-10(11)14/h2-3,5-6H,4,7-9H2,1H3. The molecule has 1 aromatic carbocycles. The van der Waals surface area contributed by atoms with Crippen LogP contribution in [0.5, 0.6) is 5.75 Å². The number of carbonyl (C=O) groups excluding carboxylic acids is 1. The number of rotatable bonds is 4. The topological polar surface area (TPSA) is 35.5 Å². The van der Waals surface area contributed by atoms with Crippen molar-refractivity contribution in [3.8, 4) is 5.75 Å². The lowest BCUT2D eigenvalue weighted by atomic mass is 9.77. The van der Waals surface area contributed by atoms with E-state index >= 15 is 0 Å². The molecule has 2 rings (SSSR count). The number of carbonyl (C=O) groups is 1. The first-order valence-electron chi connectivity index (χ1n) is 5.66. The Labute approximate surface area is 109 Å². The number of benzene rings is 1. The van der Waals surface area contributed by atoms with E-state index in [2.05, 4.69) is 15.9 Å². The minimum atomic E-state index is -0.364. The van der Waals surface area contributed by atoms with Crippen LogP contribution in [0.3, 0.4) is 0 Å². The Kier molecular flexibility index (Phi) is 3.72. The highest BCUT2D eigenvalue weighted by Gasteiger charge is 2.42. The number of esters is 1. The molecule has 0 saturated heterocycles. The average molecular weight is 299 g/mol. The van der Waals surface area contributed by atoms with Crippen LogP contribution >= 0.6 is 15.9 Å². The monoisotopic (exact) mass is 298 g/mol. The minimum Gasteiger partial charge on any atom is -0.485 e. The molecule has 0 radical (unpaired) electrons. The van der Waals surface area contributed by atoms with Crippen LogP contribution in [0.15, 0.2) is 28.7 Å². The number of hydrogen-bond donors (Lipinski definition) is 0. The van der Waals surface area contributed by atoms with Gasteiger partial charge in [-0.25, -0.2) is 0 Å². The summed E-state index contributed by atoms with van der Waals surface area (Å²) in [6.45, 7) is 0. The van der Waals surface area contributed by atoms with Crippen molar-refractivity contribution < 1.29 is 14.3 Å². The zero-order chi connectivity index (χ0) is 12.3. The third-order valence-corrected chi connectivity index (χ3v) is 3.78. The summed E-state index contributed by atoms with van der Waals surface area (Å²) < 4.78 is 11.6. The fourth-order valence-corrected chi connectivity index (χ4v) is 2.35. The smallest absolute Gasteiger partial charge is 0.309 e. The van der Waals surface area contributed by atoms with E-state index in [9.17, 15) is 4.79 Å². The molecule has 0 bridgehead atoms. The van der Waals surface area contributed by atoms with Gasteiger partial charge in [0.2, 0.25) is 0 Å². The SMILES string of the molecule is COC(=O)CC1(Oc2ccccc2Br)CCC1. The zero-order valence-corrected chi connectivity index (χ0v) is 11.3. The van der Waals surface area contributed by atoms with E-state index in [1.54, 1.807) is 0 Å². The Hall–Kier alpha value is -1.03. The quantitative estimate of drug-likeness (QED) is 0.800. The summed E-state index contributed by atoms with van der Waals surface area (Å²) in [4.78, 5) is 11.4. The van der Waals surface area contributed by atoms with Crippen LogP contribution in [0.4, 0.5) is 0 Å². The maximum Gasteiger partial charge on any atom is 0.309 e. The van der Waals surface area contributed by atoms with Gasteiger partial charge in [-0.1, -0.05) is 12.1 Å². The van der Waals surface area contributed by atoms with E-state index < -0.39 is 0 Å². The van der Waals surface area contributed by atoms with Gasteiger partial charge in [-0.2, -0.15) is 0 Å². The molecule has 0 aliphatic heterocycles. The number of halogens is 1. The average Bonchev–Trinajstić information content (AvgIpc) is 2.28. The van der Waals surface area contributed by atoms with E-state index in [1.807, 2.05) is 24.3 Å². The Morgan fingerprint density at radius 2 is 2.12 bits per heavy atom. The van der Waals surface area contributed by atoms with Crippen LogP contribution in [-0.4, -0.2) is 18.7 Å². The summed E-state index contributed by atoms with van der Waals surface area (Å²) in [5.74, 6) is 0.577. The lowest BCUT2D eigenvalue weighted by molar-refractivity contribution is -0.148. The third kappa shape index (κ3) is 2.80. The van der Waals surface area contributed by atoms with Gasteiger partial charge in [0.15, 0.2) is 0 Å². The van der Waals surface area contributed by atoms with E-state index in [-0.39, 0.29) is 11.6 Å². The fourth-order valence-electron chi connectivity index (χ4n) is 1.98. The Balaban J connectivity index is 2.10. The summed E-state index contributed by atoms with van der Waals surface area (Å²) in [5.41, 5.74) is -0.364. The highest BCUT2D eigenvalue weighted by atomic mass is 79.9. The number of para-hydroxylation sites is 1. The molecule has 1 aromatic rings. The fraction of sp³-hybridized carbons (Fsp3) is 0.462. The first-order chi connectivity index (χ1) is 8.15. The van der Waals surface area contributed by atoms with Gasteiger partial charge < -0.3 is 9.47 Å². The van der Waals surface area contributed by atoms with Crippen molar-refractivity contribution in [3.63, 3.8) is 0 Å². The van der Waals surface area contributed by atoms with Gasteiger partial charge in [0.25, 0.3) is 0 Å². The van der Waals surface area contributed by atoms with Crippen molar-refractivity contribution in [3.05, 3.63) is 28.7 Å². The molecule has 1 saturated carbocycles. The molecule has 92 valence electrons. The molecule has 3 nitrogen and oxygen atoms in total. The molecule has 0 aromatic heterocycles. The molecule has 0 spiro atoms. The van der Waals surface area contributed by atoms with Gasteiger partial charge in [-0.3, -0.25) is 4.79 Å². The lowest BCUT2D eigenvalue weighted by Gasteiger charge is -2.41. The first kappa shape index (κ1) is 12.4. The van der Waals surface area contributed by atoms with Crippen molar-refractivity contribution in [1.82, 2.24) is 0 Å². The molecule has 1 aliphatic carbocycles. The predicted octanol–water partition coefficient (Wildman–Crippen LogP) is 3.31. The lowest BCUT2D eigenvalue weighted by Crippen LogP contribution is -2.45. The maximum absolute atomic E-state index is 11.4. The molecule has 0 atom stereocenters. The van der Waals surface area contributed by atoms with Crippen molar-refractivity contribution >= 4 is 21.9 Å². The number of ether oxygens (including phenoxy) is 2. The van der Waals surface area contributed by atoms with Gasteiger partial charge >= 0.3 is 5.97 Å². The van der Waals surface area contributed by atoms with Gasteiger partial charge in [-0.15, -0.1) is 0 Å². The molecule has 0 N–H and O–H groups in total. The van der Waals surface area contributed by atoms with Crippen molar-refractivity contribution in [2.75, 3.05) is 7.11 Å². The van der Waals surface area contributed by atoms with Gasteiger partial charge in [-0.05, 0) is 47.3 Å². The maximum atomic E-state index is 11.4. The van der Waals surface area contributed by atoms with Gasteiger partial charge in [0.1, 0.15) is 11.4 Å². The summed E-state index contributed by atoms with van der Waals surface area (Å²) in [7, 11) is 1.41. The van der Waals surface area contributed by atoms with E-state index in [0.29, 0.717) is 6.42 Å². The van der Waals surface area contributed by atoms with E-state index in [0.717, 1.165) is 29.5 Å². The van der Waals surface area contributed by atoms with E-state index in [4.69, 9.17) is 9.47 Å². The van der Waals surface area contributed by atoms with Crippen LogP contribution in [0, 0.1) is 0 Å². The highest BCUT2D eigenvalue weighted by Crippen LogP contribution is 2.41. The van der Waals surface area contributed by atoms with E-state index in [1.165, 1.54) is 7.11 Å². The Morgan fingerprint density at radius 1 is 1.41 bits per heavy atom. The summed E-state index contributed by atoms with van der Waals surface area (Å²) >= 11 is 3.44. The van der Waals surface area contributed by atoms with Gasteiger partial charge in [0.05, 0.1) is 18.0 Å². The Bertz CT molecular complexity index is 413. The van der Waals surface area contributed by atoms with Gasteiger partial charge in [0, 0.05) is 0 Å². The van der Waals surface area contributed by atoms with Crippen molar-refractivity contribution in [2.24, 2.45) is 0 Å².